The molecule has 0 aliphatic heterocycles. The highest BCUT2D eigenvalue weighted by Crippen LogP contribution is 2.70. The third kappa shape index (κ3) is 2.93. The highest BCUT2D eigenvalue weighted by Gasteiger charge is 2.77. The lowest BCUT2D eigenvalue weighted by molar-refractivity contribution is -0.233. The lowest BCUT2D eigenvalue weighted by Crippen LogP contribution is -2.70. The van der Waals surface area contributed by atoms with Gasteiger partial charge in [0.25, 0.3) is 0 Å². The maximum atomic E-state index is 17.6. The Morgan fingerprint density at radius 1 is 1.27 bits per heavy atom. The lowest BCUT2D eigenvalue weighted by Gasteiger charge is -2.62. The molecule has 0 heterocycles. The van der Waals surface area contributed by atoms with Crippen molar-refractivity contribution >= 4 is 17.5 Å². The number of rotatable bonds is 4. The van der Waals surface area contributed by atoms with E-state index in [2.05, 4.69) is 0 Å². The summed E-state index contributed by atoms with van der Waals surface area (Å²) in [6, 6.07) is 0. The number of carbonyl (C=O) groups is 3. The van der Waals surface area contributed by atoms with Gasteiger partial charge in [0.1, 0.15) is 12.7 Å². The summed E-state index contributed by atoms with van der Waals surface area (Å²) < 4.78 is 23.4. The van der Waals surface area contributed by atoms with Gasteiger partial charge in [0, 0.05) is 16.7 Å². The Hall–Kier alpha value is -1.90. The van der Waals surface area contributed by atoms with E-state index in [1.54, 1.807) is 33.8 Å². The second-order valence-corrected chi connectivity index (χ2v) is 10.9. The first kappa shape index (κ1) is 24.2. The molecule has 4 aliphatic carbocycles. The van der Waals surface area contributed by atoms with Crippen molar-refractivity contribution in [3.05, 3.63) is 23.8 Å². The van der Waals surface area contributed by atoms with Gasteiger partial charge in [-0.15, -0.1) is 0 Å². The number of aliphatic hydroxyl groups excluding tert-OH is 2. The number of allylic oxidation sites excluding steroid dienone is 4. The summed E-state index contributed by atoms with van der Waals surface area (Å²) in [5.41, 5.74) is -6.31. The molecule has 182 valence electrons. The molecule has 3 N–H and O–H groups in total. The van der Waals surface area contributed by atoms with Gasteiger partial charge in [0.15, 0.2) is 22.8 Å². The Morgan fingerprint density at radius 3 is 2.55 bits per heavy atom. The maximum Gasteiger partial charge on any atom is 0.308 e. The van der Waals surface area contributed by atoms with E-state index in [4.69, 9.17) is 4.74 Å². The Bertz CT molecular complexity index is 956. The van der Waals surface area contributed by atoms with Gasteiger partial charge in [-0.05, 0) is 50.7 Å². The standard InChI is InChI=1S/C25H33FO7/c1-13(2)21(31)33-20-11-23(4)17(10-18(29)25(23,32)19(30)12-27)16-6-5-14-9-15(28)7-8-22(14,3)24(16,20)26/h7-9,13,16-18,20,27,29,32H,5-6,10-12H2,1-4H3/t16-,17-,18+,20-,22-,23-,24-,25-/m0/s1. The molecule has 0 aromatic carbocycles. The van der Waals surface area contributed by atoms with Crippen molar-refractivity contribution in [3.8, 4) is 0 Å². The van der Waals surface area contributed by atoms with Crippen molar-refractivity contribution in [1.82, 2.24) is 0 Å². The number of hydrogen-bond acceptors (Lipinski definition) is 7. The summed E-state index contributed by atoms with van der Waals surface area (Å²) in [6.07, 6.45) is 2.04. The lowest BCUT2D eigenvalue weighted by atomic mass is 9.44. The molecule has 3 fully saturated rings. The van der Waals surface area contributed by atoms with E-state index in [0.29, 0.717) is 18.4 Å². The fraction of sp³-hybridized carbons (Fsp3) is 0.720. The molecule has 0 saturated heterocycles. The largest absolute Gasteiger partial charge is 0.459 e. The fourth-order valence-electron chi connectivity index (χ4n) is 7.22. The van der Waals surface area contributed by atoms with Gasteiger partial charge in [-0.3, -0.25) is 14.4 Å². The topological polar surface area (TPSA) is 121 Å². The van der Waals surface area contributed by atoms with Crippen LogP contribution in [0.2, 0.25) is 0 Å². The number of hydrogen-bond donors (Lipinski definition) is 3. The average Bonchev–Trinajstić information content (AvgIpc) is 2.96. The van der Waals surface area contributed by atoms with Gasteiger partial charge in [0.2, 0.25) is 0 Å². The summed E-state index contributed by atoms with van der Waals surface area (Å²) >= 11 is 0. The minimum absolute atomic E-state index is 0.0162. The van der Waals surface area contributed by atoms with E-state index in [-0.39, 0.29) is 18.6 Å². The van der Waals surface area contributed by atoms with E-state index in [1.807, 2.05) is 0 Å². The predicted octanol–water partition coefficient (Wildman–Crippen LogP) is 1.83. The number of Topliss-reactive ketones (excluding diaryl/α,β-unsaturated/α-hetero) is 1. The van der Waals surface area contributed by atoms with Gasteiger partial charge < -0.3 is 20.1 Å². The smallest absolute Gasteiger partial charge is 0.308 e. The molecule has 7 nitrogen and oxygen atoms in total. The Balaban J connectivity index is 1.89. The zero-order valence-corrected chi connectivity index (χ0v) is 19.5. The molecule has 4 aliphatic rings. The molecule has 0 radical (unpaired) electrons. The van der Waals surface area contributed by atoms with Crippen LogP contribution in [0.15, 0.2) is 23.8 Å². The molecule has 33 heavy (non-hydrogen) atoms. The summed E-state index contributed by atoms with van der Waals surface area (Å²) in [7, 11) is 0. The number of carbonyl (C=O) groups excluding carboxylic acids is 3. The first-order valence-corrected chi connectivity index (χ1v) is 11.7. The highest BCUT2D eigenvalue weighted by atomic mass is 19.1. The van der Waals surface area contributed by atoms with Crippen molar-refractivity contribution in [2.45, 2.75) is 76.9 Å². The van der Waals surface area contributed by atoms with Crippen molar-refractivity contribution in [1.29, 1.82) is 0 Å². The van der Waals surface area contributed by atoms with E-state index < -0.39 is 70.4 Å². The molecule has 0 aromatic rings. The minimum atomic E-state index is -2.29. The maximum absolute atomic E-state index is 17.6. The Labute approximate surface area is 192 Å². The predicted molar refractivity (Wildman–Crippen MR) is 115 cm³/mol. The normalized spacial score (nSPS) is 46.3. The molecule has 8 atom stereocenters. The zero-order valence-electron chi connectivity index (χ0n) is 19.5. The summed E-state index contributed by atoms with van der Waals surface area (Å²) in [4.78, 5) is 37.4. The number of ether oxygens (including phenoxy) is 1. The van der Waals surface area contributed by atoms with Crippen LogP contribution in [0.3, 0.4) is 0 Å². The van der Waals surface area contributed by atoms with Crippen LogP contribution in [0, 0.1) is 28.6 Å². The second-order valence-electron chi connectivity index (χ2n) is 10.9. The van der Waals surface area contributed by atoms with Crippen LogP contribution in [-0.4, -0.2) is 62.9 Å². The molecule has 4 rings (SSSR count). The third-order valence-corrected chi connectivity index (χ3v) is 9.14. The van der Waals surface area contributed by atoms with Crippen molar-refractivity contribution < 1.29 is 38.8 Å². The van der Waals surface area contributed by atoms with Crippen LogP contribution in [0.5, 0.6) is 0 Å². The second kappa shape index (κ2) is 7.55. The summed E-state index contributed by atoms with van der Waals surface area (Å²) in [5.74, 6) is -3.64. The zero-order chi connectivity index (χ0) is 24.6. The van der Waals surface area contributed by atoms with Crippen LogP contribution in [-0.2, 0) is 19.1 Å². The van der Waals surface area contributed by atoms with Gasteiger partial charge in [-0.25, -0.2) is 4.39 Å². The number of fused-ring (bicyclic) bond motifs is 5. The van der Waals surface area contributed by atoms with Crippen molar-refractivity contribution in [2.24, 2.45) is 28.6 Å². The molecule has 3 saturated carbocycles. The number of alkyl halides is 1. The number of esters is 1. The van der Waals surface area contributed by atoms with Crippen molar-refractivity contribution in [3.63, 3.8) is 0 Å². The SMILES string of the molecule is CC(C)C(=O)O[C@H]1C[C@@]2(C)[C@@H](C[C@@H](O)[C@]2(O)C(=O)CO)[C@@H]2CCC3=CC(=O)C=C[C@]3(C)[C@@]12F. The third-order valence-electron chi connectivity index (χ3n) is 9.14. The van der Waals surface area contributed by atoms with Crippen molar-refractivity contribution in [2.75, 3.05) is 6.61 Å². The fourth-order valence-corrected chi connectivity index (χ4v) is 7.22. The summed E-state index contributed by atoms with van der Waals surface area (Å²) in [5, 5.41) is 31.8. The Morgan fingerprint density at radius 2 is 1.94 bits per heavy atom. The van der Waals surface area contributed by atoms with Gasteiger partial charge >= 0.3 is 5.97 Å². The molecule has 0 amide bonds. The number of halogens is 1. The van der Waals surface area contributed by atoms with Gasteiger partial charge in [-0.1, -0.05) is 32.4 Å². The van der Waals surface area contributed by atoms with E-state index in [0.717, 1.165) is 0 Å². The molecular formula is C25H33FO7. The van der Waals surface area contributed by atoms with Crippen LogP contribution in [0.1, 0.15) is 53.4 Å². The minimum Gasteiger partial charge on any atom is -0.459 e. The van der Waals surface area contributed by atoms with Gasteiger partial charge in [-0.2, -0.15) is 0 Å². The van der Waals surface area contributed by atoms with Crippen LogP contribution in [0.25, 0.3) is 0 Å². The average molecular weight is 465 g/mol. The molecule has 0 unspecified atom stereocenters. The number of aliphatic hydroxyl groups is 3. The summed E-state index contributed by atoms with van der Waals surface area (Å²) in [6.45, 7) is 5.62. The first-order valence-electron chi connectivity index (χ1n) is 11.7. The molecular weight excluding hydrogens is 431 g/mol. The van der Waals surface area contributed by atoms with E-state index >= 15 is 4.39 Å². The monoisotopic (exact) mass is 464 g/mol. The molecule has 8 heteroatoms. The van der Waals surface area contributed by atoms with Crippen LogP contribution < -0.4 is 0 Å². The molecule has 0 aromatic heterocycles. The molecule has 0 bridgehead atoms. The highest BCUT2D eigenvalue weighted by molar-refractivity contribution is 6.01. The van der Waals surface area contributed by atoms with Crippen LogP contribution in [0.4, 0.5) is 4.39 Å². The van der Waals surface area contributed by atoms with Crippen LogP contribution >= 0.6 is 0 Å². The van der Waals surface area contributed by atoms with E-state index in [9.17, 15) is 29.7 Å². The molecule has 0 spiro atoms. The van der Waals surface area contributed by atoms with E-state index in [1.165, 1.54) is 12.2 Å². The van der Waals surface area contributed by atoms with Gasteiger partial charge in [0.05, 0.1) is 12.0 Å². The number of ketones is 2. The Kier molecular flexibility index (Phi) is 5.54. The quantitative estimate of drug-likeness (QED) is 0.543. The first-order chi connectivity index (χ1) is 15.3.